The predicted molar refractivity (Wildman–Crippen MR) is 88.2 cm³/mol. The molecule has 1 fully saturated rings. The molecule has 3 rings (SSSR count). The Morgan fingerprint density at radius 1 is 1.05 bits per heavy atom. The van der Waals surface area contributed by atoms with Crippen molar-refractivity contribution in [1.29, 1.82) is 0 Å². The van der Waals surface area contributed by atoms with Gasteiger partial charge < -0.3 is 14.2 Å². The van der Waals surface area contributed by atoms with E-state index in [1.165, 1.54) is 18.5 Å². The third-order valence-electron chi connectivity index (χ3n) is 3.74. The van der Waals surface area contributed by atoms with Crippen LogP contribution >= 0.6 is 0 Å². The lowest BCUT2D eigenvalue weighted by Crippen LogP contribution is -2.16. The van der Waals surface area contributed by atoms with E-state index < -0.39 is 0 Å². The van der Waals surface area contributed by atoms with Crippen LogP contribution in [0, 0.1) is 0 Å². The number of rotatable bonds is 4. The Labute approximate surface area is 125 Å². The van der Waals surface area contributed by atoms with Crippen LogP contribution in [0.5, 0.6) is 0 Å². The van der Waals surface area contributed by atoms with Crippen LogP contribution in [0.2, 0.25) is 0 Å². The Balaban J connectivity index is 1.68. The van der Waals surface area contributed by atoms with Crippen LogP contribution in [0.4, 0.5) is 17.3 Å². The van der Waals surface area contributed by atoms with Gasteiger partial charge in [0.25, 0.3) is 0 Å². The fraction of sp³-hybridized carbons (Fsp3) is 0.353. The molecule has 0 amide bonds. The molecule has 0 N–H and O–H groups in total. The third kappa shape index (κ3) is 3.27. The highest BCUT2D eigenvalue weighted by Gasteiger charge is 2.14. The van der Waals surface area contributed by atoms with Gasteiger partial charge in [-0.05, 0) is 43.2 Å². The van der Waals surface area contributed by atoms with Crippen molar-refractivity contribution in [3.05, 3.63) is 42.2 Å². The Morgan fingerprint density at radius 3 is 2.43 bits per heavy atom. The van der Waals surface area contributed by atoms with Crippen molar-refractivity contribution in [2.45, 2.75) is 12.8 Å². The highest BCUT2D eigenvalue weighted by atomic mass is 16.4. The van der Waals surface area contributed by atoms with Gasteiger partial charge in [0.2, 0.25) is 0 Å². The predicted octanol–water partition coefficient (Wildman–Crippen LogP) is 3.70. The third-order valence-corrected chi connectivity index (χ3v) is 3.74. The Kier molecular flexibility index (Phi) is 3.95. The van der Waals surface area contributed by atoms with E-state index in [1.54, 1.807) is 6.21 Å². The second-order valence-corrected chi connectivity index (χ2v) is 5.54. The van der Waals surface area contributed by atoms with E-state index in [0.29, 0.717) is 0 Å². The summed E-state index contributed by atoms with van der Waals surface area (Å²) in [6.45, 7) is 2.19. The molecule has 0 atom stereocenters. The Bertz CT molecular complexity index is 607. The van der Waals surface area contributed by atoms with Crippen molar-refractivity contribution in [3.63, 3.8) is 0 Å². The second-order valence-electron chi connectivity index (χ2n) is 5.54. The van der Waals surface area contributed by atoms with Gasteiger partial charge in [-0.1, -0.05) is 0 Å². The Morgan fingerprint density at radius 2 is 1.76 bits per heavy atom. The maximum absolute atomic E-state index is 5.82. The van der Waals surface area contributed by atoms with Crippen LogP contribution in [0.15, 0.2) is 45.8 Å². The van der Waals surface area contributed by atoms with Crippen molar-refractivity contribution in [1.82, 2.24) is 0 Å². The Hall–Kier alpha value is -2.23. The molecule has 0 spiro atoms. The summed E-state index contributed by atoms with van der Waals surface area (Å²) in [6, 6.07) is 12.1. The number of nitrogens with zero attached hydrogens (tertiary/aromatic N) is 3. The summed E-state index contributed by atoms with van der Waals surface area (Å²) >= 11 is 0. The molecule has 4 nitrogen and oxygen atoms in total. The summed E-state index contributed by atoms with van der Waals surface area (Å²) in [6.07, 6.45) is 4.29. The van der Waals surface area contributed by atoms with E-state index >= 15 is 0 Å². The lowest BCUT2D eigenvalue weighted by Gasteiger charge is -2.12. The van der Waals surface area contributed by atoms with Gasteiger partial charge in [-0.15, -0.1) is 0 Å². The van der Waals surface area contributed by atoms with Gasteiger partial charge in [0.15, 0.2) is 5.88 Å². The minimum Gasteiger partial charge on any atom is -0.440 e. The minimum absolute atomic E-state index is 0.800. The molecule has 1 aromatic heterocycles. The number of furan rings is 1. The van der Waals surface area contributed by atoms with E-state index in [4.69, 9.17) is 4.42 Å². The van der Waals surface area contributed by atoms with Gasteiger partial charge in [-0.2, -0.15) is 0 Å². The monoisotopic (exact) mass is 283 g/mol. The molecule has 0 aliphatic carbocycles. The van der Waals surface area contributed by atoms with Crippen molar-refractivity contribution >= 4 is 23.5 Å². The van der Waals surface area contributed by atoms with Gasteiger partial charge in [-0.25, -0.2) is 0 Å². The van der Waals surface area contributed by atoms with E-state index in [1.807, 2.05) is 38.4 Å². The molecular formula is C17H21N3O. The summed E-state index contributed by atoms with van der Waals surface area (Å²) in [7, 11) is 4.06. The van der Waals surface area contributed by atoms with Crippen molar-refractivity contribution in [2.24, 2.45) is 4.99 Å². The first kappa shape index (κ1) is 13.7. The largest absolute Gasteiger partial charge is 0.440 e. The molecule has 0 bridgehead atoms. The van der Waals surface area contributed by atoms with Gasteiger partial charge in [0.05, 0.1) is 11.9 Å². The number of aliphatic imine (C=N–C) groups is 1. The van der Waals surface area contributed by atoms with E-state index in [-0.39, 0.29) is 0 Å². The molecule has 1 saturated heterocycles. The summed E-state index contributed by atoms with van der Waals surface area (Å²) in [4.78, 5) is 8.81. The topological polar surface area (TPSA) is 32.0 Å². The average Bonchev–Trinajstić information content (AvgIpc) is 3.16. The number of hydrogen-bond donors (Lipinski definition) is 0. The number of hydrogen-bond acceptors (Lipinski definition) is 4. The molecule has 4 heteroatoms. The van der Waals surface area contributed by atoms with Crippen LogP contribution in [0.3, 0.4) is 0 Å². The summed E-state index contributed by atoms with van der Waals surface area (Å²) in [5, 5.41) is 0. The van der Waals surface area contributed by atoms with E-state index in [9.17, 15) is 0 Å². The average molecular weight is 283 g/mol. The lowest BCUT2D eigenvalue weighted by molar-refractivity contribution is 0.550. The maximum Gasteiger partial charge on any atom is 0.196 e. The van der Waals surface area contributed by atoms with Crippen LogP contribution < -0.4 is 9.80 Å². The molecule has 0 radical (unpaired) electrons. The van der Waals surface area contributed by atoms with Gasteiger partial charge in [0.1, 0.15) is 5.76 Å². The molecule has 0 unspecified atom stereocenters. The number of benzene rings is 1. The quantitative estimate of drug-likeness (QED) is 0.802. The normalized spacial score (nSPS) is 15.0. The molecule has 1 aliphatic rings. The van der Waals surface area contributed by atoms with Gasteiger partial charge in [0, 0.05) is 38.9 Å². The first-order chi connectivity index (χ1) is 10.2. The smallest absolute Gasteiger partial charge is 0.196 e. The van der Waals surface area contributed by atoms with E-state index in [0.717, 1.165) is 30.4 Å². The van der Waals surface area contributed by atoms with Crippen LogP contribution in [0.1, 0.15) is 18.6 Å². The SMILES string of the molecule is CN(C)c1ccc(N=Cc2ccc(N3CCCC3)o2)cc1. The molecule has 2 aromatic rings. The van der Waals surface area contributed by atoms with E-state index in [2.05, 4.69) is 26.9 Å². The molecule has 2 heterocycles. The molecular weight excluding hydrogens is 262 g/mol. The fourth-order valence-corrected chi connectivity index (χ4v) is 2.49. The zero-order valence-electron chi connectivity index (χ0n) is 12.6. The van der Waals surface area contributed by atoms with Crippen LogP contribution in [0.25, 0.3) is 0 Å². The zero-order chi connectivity index (χ0) is 14.7. The summed E-state index contributed by atoms with van der Waals surface area (Å²) < 4.78 is 5.82. The standard InChI is InChI=1S/C17H21N3O/c1-19(2)15-7-5-14(6-8-15)18-13-16-9-10-17(21-16)20-11-3-4-12-20/h5-10,13H,3-4,11-12H2,1-2H3. The maximum atomic E-state index is 5.82. The molecule has 1 aliphatic heterocycles. The number of anilines is 2. The first-order valence-electron chi connectivity index (χ1n) is 7.38. The zero-order valence-corrected chi connectivity index (χ0v) is 12.6. The fourth-order valence-electron chi connectivity index (χ4n) is 2.49. The second kappa shape index (κ2) is 6.04. The van der Waals surface area contributed by atoms with Crippen LogP contribution in [-0.4, -0.2) is 33.4 Å². The van der Waals surface area contributed by atoms with Gasteiger partial charge in [-0.3, -0.25) is 4.99 Å². The minimum atomic E-state index is 0.800. The van der Waals surface area contributed by atoms with Gasteiger partial charge >= 0.3 is 0 Å². The highest BCUT2D eigenvalue weighted by Crippen LogP contribution is 2.23. The highest BCUT2D eigenvalue weighted by molar-refractivity contribution is 5.79. The molecule has 110 valence electrons. The van der Waals surface area contributed by atoms with Crippen molar-refractivity contribution in [2.75, 3.05) is 37.0 Å². The lowest BCUT2D eigenvalue weighted by atomic mass is 10.3. The molecule has 21 heavy (non-hydrogen) atoms. The molecule has 1 aromatic carbocycles. The van der Waals surface area contributed by atoms with Crippen LogP contribution in [-0.2, 0) is 0 Å². The summed E-state index contributed by atoms with van der Waals surface area (Å²) in [5.74, 6) is 1.76. The molecule has 0 saturated carbocycles. The van der Waals surface area contributed by atoms with Crippen molar-refractivity contribution in [3.8, 4) is 0 Å². The van der Waals surface area contributed by atoms with Crippen molar-refractivity contribution < 1.29 is 4.42 Å². The first-order valence-corrected chi connectivity index (χ1v) is 7.38. The summed E-state index contributed by atoms with van der Waals surface area (Å²) in [5.41, 5.74) is 2.10.